The van der Waals surface area contributed by atoms with E-state index in [9.17, 15) is 0 Å². The highest BCUT2D eigenvalue weighted by molar-refractivity contribution is 6.08. The van der Waals surface area contributed by atoms with Crippen LogP contribution in [0.5, 0.6) is 0 Å². The second kappa shape index (κ2) is 3.91. The molecule has 3 heteroatoms. The van der Waals surface area contributed by atoms with Crippen LogP contribution in [-0.4, -0.2) is 45.6 Å². The Kier molecular flexibility index (Phi) is 3.08. The molecule has 0 bridgehead atoms. The van der Waals surface area contributed by atoms with Crippen LogP contribution in [0.15, 0.2) is 0 Å². The standard InChI is InChI=1S/C6H12BNO/c7-1-2-8-3-5-9-6-4-8/h1-6H2. The zero-order valence-corrected chi connectivity index (χ0v) is 5.68. The molecular weight excluding hydrogens is 113 g/mol. The monoisotopic (exact) mass is 125 g/mol. The average molecular weight is 125 g/mol. The van der Waals surface area contributed by atoms with Crippen LogP contribution < -0.4 is 0 Å². The van der Waals surface area contributed by atoms with Crippen molar-refractivity contribution >= 4 is 7.85 Å². The van der Waals surface area contributed by atoms with Crippen LogP contribution in [0.1, 0.15) is 0 Å². The molecule has 50 valence electrons. The number of ether oxygens (including phenoxy) is 1. The summed E-state index contributed by atoms with van der Waals surface area (Å²) in [5.41, 5.74) is 0. The SMILES string of the molecule is [B]CCN1CCOCC1. The molecule has 0 aromatic heterocycles. The summed E-state index contributed by atoms with van der Waals surface area (Å²) >= 11 is 0. The Labute approximate surface area is 57.6 Å². The van der Waals surface area contributed by atoms with Gasteiger partial charge < -0.3 is 4.74 Å². The van der Waals surface area contributed by atoms with Crippen LogP contribution in [0.4, 0.5) is 0 Å². The van der Waals surface area contributed by atoms with Crippen molar-refractivity contribution in [1.82, 2.24) is 4.90 Å². The van der Waals surface area contributed by atoms with Gasteiger partial charge in [-0.3, -0.25) is 4.90 Å². The lowest BCUT2D eigenvalue weighted by molar-refractivity contribution is 0.0405. The molecule has 0 saturated carbocycles. The van der Waals surface area contributed by atoms with Crippen LogP contribution in [0.2, 0.25) is 6.32 Å². The van der Waals surface area contributed by atoms with Gasteiger partial charge in [0.15, 0.2) is 0 Å². The first-order chi connectivity index (χ1) is 4.43. The van der Waals surface area contributed by atoms with Gasteiger partial charge in [0.2, 0.25) is 0 Å². The third kappa shape index (κ3) is 2.37. The summed E-state index contributed by atoms with van der Waals surface area (Å²) in [6.45, 7) is 4.87. The van der Waals surface area contributed by atoms with E-state index in [2.05, 4.69) is 4.90 Å². The van der Waals surface area contributed by atoms with E-state index in [0.29, 0.717) is 0 Å². The fraction of sp³-hybridized carbons (Fsp3) is 1.00. The molecule has 9 heavy (non-hydrogen) atoms. The van der Waals surface area contributed by atoms with Gasteiger partial charge in [0.05, 0.1) is 21.1 Å². The Morgan fingerprint density at radius 3 is 2.56 bits per heavy atom. The summed E-state index contributed by atoms with van der Waals surface area (Å²) in [5, 5.41) is 0. The first-order valence-electron chi connectivity index (χ1n) is 3.43. The molecule has 1 heterocycles. The lowest BCUT2D eigenvalue weighted by Crippen LogP contribution is -2.36. The number of rotatable bonds is 2. The highest BCUT2D eigenvalue weighted by Gasteiger charge is 2.07. The molecule has 1 aliphatic heterocycles. The molecule has 1 fully saturated rings. The minimum atomic E-state index is 0.764. The predicted octanol–water partition coefficient (Wildman–Crippen LogP) is -0.0946. The van der Waals surface area contributed by atoms with Gasteiger partial charge in [-0.05, 0) is 6.54 Å². The van der Waals surface area contributed by atoms with Crippen LogP contribution >= 0.6 is 0 Å². The topological polar surface area (TPSA) is 12.5 Å². The number of morpholine rings is 1. The molecule has 0 aromatic carbocycles. The number of nitrogens with zero attached hydrogens (tertiary/aromatic N) is 1. The van der Waals surface area contributed by atoms with Gasteiger partial charge in [-0.15, -0.1) is 0 Å². The minimum Gasteiger partial charge on any atom is -0.379 e. The summed E-state index contributed by atoms with van der Waals surface area (Å²) in [5.74, 6) is 0. The summed E-state index contributed by atoms with van der Waals surface area (Å²) in [4.78, 5) is 2.32. The first kappa shape index (κ1) is 7.10. The van der Waals surface area contributed by atoms with Gasteiger partial charge in [0.1, 0.15) is 0 Å². The lowest BCUT2D eigenvalue weighted by atomic mass is 10.1. The second-order valence-corrected chi connectivity index (χ2v) is 2.24. The molecule has 1 saturated heterocycles. The van der Waals surface area contributed by atoms with Crippen LogP contribution in [-0.2, 0) is 4.74 Å². The van der Waals surface area contributed by atoms with E-state index in [1.165, 1.54) is 0 Å². The van der Waals surface area contributed by atoms with E-state index in [1.54, 1.807) is 0 Å². The molecule has 2 radical (unpaired) electrons. The summed E-state index contributed by atoms with van der Waals surface area (Å²) in [6, 6.07) is 0. The Morgan fingerprint density at radius 2 is 2.00 bits per heavy atom. The maximum absolute atomic E-state index is 5.38. The molecule has 0 aromatic rings. The zero-order valence-electron chi connectivity index (χ0n) is 5.68. The van der Waals surface area contributed by atoms with Crippen molar-refractivity contribution < 1.29 is 4.74 Å². The molecule has 1 aliphatic rings. The quantitative estimate of drug-likeness (QED) is 0.478. The van der Waals surface area contributed by atoms with Crippen molar-refractivity contribution in [3.63, 3.8) is 0 Å². The Bertz CT molecular complexity index is 70.7. The number of hydrogen-bond acceptors (Lipinski definition) is 2. The van der Waals surface area contributed by atoms with E-state index in [1.807, 2.05) is 0 Å². The molecular formula is C6H12BNO. The average Bonchev–Trinajstić information content (AvgIpc) is 1.91. The maximum atomic E-state index is 5.38. The van der Waals surface area contributed by atoms with E-state index in [4.69, 9.17) is 12.6 Å². The van der Waals surface area contributed by atoms with Gasteiger partial charge in [0.25, 0.3) is 0 Å². The van der Waals surface area contributed by atoms with Crippen molar-refractivity contribution in [2.45, 2.75) is 6.32 Å². The van der Waals surface area contributed by atoms with Crippen LogP contribution in [0.3, 0.4) is 0 Å². The third-order valence-corrected chi connectivity index (χ3v) is 1.55. The number of hydrogen-bond donors (Lipinski definition) is 0. The molecule has 0 spiro atoms. The van der Waals surface area contributed by atoms with Crippen molar-refractivity contribution in [2.24, 2.45) is 0 Å². The highest BCUT2D eigenvalue weighted by Crippen LogP contribution is 1.95. The normalized spacial score (nSPS) is 22.2. The first-order valence-corrected chi connectivity index (χ1v) is 3.43. The minimum absolute atomic E-state index is 0.764. The summed E-state index contributed by atoms with van der Waals surface area (Å²) < 4.78 is 5.16. The molecule has 2 nitrogen and oxygen atoms in total. The van der Waals surface area contributed by atoms with Crippen molar-refractivity contribution in [3.05, 3.63) is 0 Å². The van der Waals surface area contributed by atoms with Gasteiger partial charge >= 0.3 is 0 Å². The van der Waals surface area contributed by atoms with Crippen LogP contribution in [0.25, 0.3) is 0 Å². The molecule has 0 amide bonds. The van der Waals surface area contributed by atoms with Gasteiger partial charge in [-0.1, -0.05) is 6.32 Å². The smallest absolute Gasteiger partial charge is 0.0670 e. The Balaban J connectivity index is 2.08. The van der Waals surface area contributed by atoms with E-state index in [-0.39, 0.29) is 0 Å². The molecule has 0 unspecified atom stereocenters. The maximum Gasteiger partial charge on any atom is 0.0670 e. The fourth-order valence-corrected chi connectivity index (χ4v) is 1.01. The van der Waals surface area contributed by atoms with E-state index in [0.717, 1.165) is 39.2 Å². The predicted molar refractivity (Wildman–Crippen MR) is 37.8 cm³/mol. The lowest BCUT2D eigenvalue weighted by Gasteiger charge is -2.25. The molecule has 0 aliphatic carbocycles. The largest absolute Gasteiger partial charge is 0.379 e. The fourth-order valence-electron chi connectivity index (χ4n) is 1.01. The van der Waals surface area contributed by atoms with Gasteiger partial charge in [-0.2, -0.15) is 0 Å². The van der Waals surface area contributed by atoms with E-state index < -0.39 is 0 Å². The van der Waals surface area contributed by atoms with Crippen molar-refractivity contribution in [2.75, 3.05) is 32.8 Å². The summed E-state index contributed by atoms with van der Waals surface area (Å²) in [7, 11) is 5.38. The Morgan fingerprint density at radius 1 is 1.33 bits per heavy atom. The highest BCUT2D eigenvalue weighted by atomic mass is 16.5. The Hall–Kier alpha value is -0.0151. The van der Waals surface area contributed by atoms with Crippen LogP contribution in [0, 0.1) is 0 Å². The second-order valence-electron chi connectivity index (χ2n) is 2.24. The van der Waals surface area contributed by atoms with Crippen molar-refractivity contribution in [1.29, 1.82) is 0 Å². The zero-order chi connectivity index (χ0) is 6.53. The molecule has 0 N–H and O–H groups in total. The molecule has 0 atom stereocenters. The van der Waals surface area contributed by atoms with Gasteiger partial charge in [-0.25, -0.2) is 0 Å². The van der Waals surface area contributed by atoms with Gasteiger partial charge in [0, 0.05) is 13.1 Å². The summed E-state index contributed by atoms with van der Waals surface area (Å²) in [6.07, 6.45) is 0.764. The van der Waals surface area contributed by atoms with Crippen molar-refractivity contribution in [3.8, 4) is 0 Å². The third-order valence-electron chi connectivity index (χ3n) is 1.55. The molecule has 1 rings (SSSR count). The van der Waals surface area contributed by atoms with E-state index >= 15 is 0 Å².